The van der Waals surface area contributed by atoms with Gasteiger partial charge >= 0.3 is 0 Å². The van der Waals surface area contributed by atoms with Gasteiger partial charge in [0.1, 0.15) is 0 Å². The van der Waals surface area contributed by atoms with Crippen LogP contribution in [0.3, 0.4) is 0 Å². The Bertz CT molecular complexity index is 988. The van der Waals surface area contributed by atoms with Crippen molar-refractivity contribution in [2.75, 3.05) is 4.90 Å². The monoisotopic (exact) mass is 335 g/mol. The standard InChI is InChI=1S/C20H14ClNS/c21-13-14-22(15-7-2-1-3-8-15)18-11-6-10-17-16-9-4-5-12-19(16)23-20(17)18/h1-14H/b14-13+. The lowest BCUT2D eigenvalue weighted by Gasteiger charge is -2.21. The molecule has 0 radical (unpaired) electrons. The molecule has 0 spiro atoms. The maximum absolute atomic E-state index is 5.91. The van der Waals surface area contributed by atoms with Gasteiger partial charge in [0.2, 0.25) is 0 Å². The van der Waals surface area contributed by atoms with E-state index in [1.807, 2.05) is 35.7 Å². The molecule has 0 bridgehead atoms. The van der Waals surface area contributed by atoms with E-state index in [4.69, 9.17) is 11.6 Å². The van der Waals surface area contributed by atoms with Crippen LogP contribution in [0.4, 0.5) is 11.4 Å². The third-order valence-electron chi connectivity index (χ3n) is 3.88. The summed E-state index contributed by atoms with van der Waals surface area (Å²) < 4.78 is 2.57. The molecule has 23 heavy (non-hydrogen) atoms. The highest BCUT2D eigenvalue weighted by Gasteiger charge is 2.13. The van der Waals surface area contributed by atoms with Crippen LogP contribution in [-0.2, 0) is 0 Å². The van der Waals surface area contributed by atoms with E-state index in [1.165, 1.54) is 20.2 Å². The number of nitrogens with zero attached hydrogens (tertiary/aromatic N) is 1. The van der Waals surface area contributed by atoms with E-state index in [0.29, 0.717) is 0 Å². The summed E-state index contributed by atoms with van der Waals surface area (Å²) in [5, 5.41) is 2.59. The molecule has 0 aliphatic heterocycles. The van der Waals surface area contributed by atoms with Crippen LogP contribution in [0.2, 0.25) is 0 Å². The number of hydrogen-bond donors (Lipinski definition) is 0. The lowest BCUT2D eigenvalue weighted by molar-refractivity contribution is 1.31. The van der Waals surface area contributed by atoms with Gasteiger partial charge in [0, 0.05) is 32.9 Å². The lowest BCUT2D eigenvalue weighted by atomic mass is 10.1. The normalized spacial score (nSPS) is 11.5. The third-order valence-corrected chi connectivity index (χ3v) is 5.20. The van der Waals surface area contributed by atoms with Gasteiger partial charge in [-0.05, 0) is 24.3 Å². The SMILES string of the molecule is Cl/C=C/N(c1ccccc1)c1cccc2c1sc1ccccc12. The number of halogens is 1. The van der Waals surface area contributed by atoms with Crippen molar-refractivity contribution >= 4 is 54.5 Å². The maximum Gasteiger partial charge on any atom is 0.0634 e. The number of anilines is 2. The van der Waals surface area contributed by atoms with Gasteiger partial charge in [-0.25, -0.2) is 0 Å². The Morgan fingerprint density at radius 2 is 1.52 bits per heavy atom. The summed E-state index contributed by atoms with van der Waals surface area (Å²) in [6.07, 6.45) is 1.90. The van der Waals surface area contributed by atoms with E-state index in [0.717, 1.165) is 11.4 Å². The molecular weight excluding hydrogens is 322 g/mol. The van der Waals surface area contributed by atoms with Gasteiger partial charge in [-0.3, -0.25) is 0 Å². The fraction of sp³-hybridized carbons (Fsp3) is 0. The van der Waals surface area contributed by atoms with Crippen LogP contribution in [0.15, 0.2) is 84.5 Å². The number of rotatable bonds is 3. The van der Waals surface area contributed by atoms with Gasteiger partial charge < -0.3 is 4.90 Å². The zero-order valence-corrected chi connectivity index (χ0v) is 13.9. The first-order chi connectivity index (χ1) is 11.4. The molecule has 0 aliphatic carbocycles. The van der Waals surface area contributed by atoms with Crippen molar-refractivity contribution in [3.8, 4) is 0 Å². The number of hydrogen-bond acceptors (Lipinski definition) is 2. The Hall–Kier alpha value is -2.29. The highest BCUT2D eigenvalue weighted by molar-refractivity contribution is 7.26. The van der Waals surface area contributed by atoms with Gasteiger partial charge in [0.05, 0.1) is 10.4 Å². The molecule has 0 atom stereocenters. The fourth-order valence-electron chi connectivity index (χ4n) is 2.87. The van der Waals surface area contributed by atoms with Crippen LogP contribution in [0.1, 0.15) is 0 Å². The van der Waals surface area contributed by atoms with Crippen molar-refractivity contribution in [3.63, 3.8) is 0 Å². The third kappa shape index (κ3) is 2.50. The van der Waals surface area contributed by atoms with Crippen LogP contribution >= 0.6 is 22.9 Å². The summed E-state index contributed by atoms with van der Waals surface area (Å²) in [7, 11) is 0. The zero-order chi connectivity index (χ0) is 15.6. The van der Waals surface area contributed by atoms with E-state index >= 15 is 0 Å². The molecule has 4 aromatic rings. The minimum absolute atomic E-state index is 1.09. The van der Waals surface area contributed by atoms with Crippen LogP contribution in [0.25, 0.3) is 20.2 Å². The molecular formula is C20H14ClNS. The first-order valence-corrected chi connectivity index (χ1v) is 8.65. The van der Waals surface area contributed by atoms with Crippen molar-refractivity contribution in [1.82, 2.24) is 0 Å². The van der Waals surface area contributed by atoms with E-state index in [9.17, 15) is 0 Å². The predicted molar refractivity (Wildman–Crippen MR) is 103 cm³/mol. The second-order valence-electron chi connectivity index (χ2n) is 5.23. The van der Waals surface area contributed by atoms with E-state index in [-0.39, 0.29) is 0 Å². The molecule has 0 fully saturated rings. The van der Waals surface area contributed by atoms with Crippen LogP contribution in [0.5, 0.6) is 0 Å². The Morgan fingerprint density at radius 3 is 2.35 bits per heavy atom. The average Bonchev–Trinajstić information content (AvgIpc) is 2.99. The molecule has 0 unspecified atom stereocenters. The van der Waals surface area contributed by atoms with Gasteiger partial charge in [-0.1, -0.05) is 60.1 Å². The second kappa shape index (κ2) is 6.07. The largest absolute Gasteiger partial charge is 0.315 e. The average molecular weight is 336 g/mol. The Labute approximate surface area is 144 Å². The molecule has 3 aromatic carbocycles. The molecule has 1 nitrogen and oxygen atoms in total. The minimum Gasteiger partial charge on any atom is -0.315 e. The molecule has 3 heteroatoms. The van der Waals surface area contributed by atoms with Crippen molar-refractivity contribution in [2.45, 2.75) is 0 Å². The van der Waals surface area contributed by atoms with E-state index in [2.05, 4.69) is 59.5 Å². The van der Waals surface area contributed by atoms with E-state index in [1.54, 1.807) is 5.54 Å². The summed E-state index contributed by atoms with van der Waals surface area (Å²) in [6, 6.07) is 25.2. The van der Waals surface area contributed by atoms with Crippen LogP contribution in [-0.4, -0.2) is 0 Å². The quantitative estimate of drug-likeness (QED) is 0.393. The molecule has 0 aliphatic rings. The van der Waals surface area contributed by atoms with Crippen LogP contribution < -0.4 is 4.90 Å². The zero-order valence-electron chi connectivity index (χ0n) is 12.3. The van der Waals surface area contributed by atoms with Crippen molar-refractivity contribution < 1.29 is 0 Å². The molecule has 0 N–H and O–H groups in total. The Kier molecular flexibility index (Phi) is 3.78. The van der Waals surface area contributed by atoms with E-state index < -0.39 is 0 Å². The lowest BCUT2D eigenvalue weighted by Crippen LogP contribution is -2.07. The topological polar surface area (TPSA) is 3.24 Å². The summed E-state index contributed by atoms with van der Waals surface area (Å²) in [4.78, 5) is 2.13. The van der Waals surface area contributed by atoms with Gasteiger partial charge in [0.25, 0.3) is 0 Å². The maximum atomic E-state index is 5.91. The molecule has 0 amide bonds. The number of benzene rings is 3. The Balaban J connectivity index is 1.99. The van der Waals surface area contributed by atoms with Gasteiger partial charge in [0.15, 0.2) is 0 Å². The summed E-state index contributed by atoms with van der Waals surface area (Å²) in [5.41, 5.74) is 3.79. The molecule has 112 valence electrons. The smallest absolute Gasteiger partial charge is 0.0634 e. The van der Waals surface area contributed by atoms with Crippen molar-refractivity contribution in [3.05, 3.63) is 84.5 Å². The van der Waals surface area contributed by atoms with Gasteiger partial charge in [-0.15, -0.1) is 11.3 Å². The first-order valence-electron chi connectivity index (χ1n) is 7.40. The second-order valence-corrected chi connectivity index (χ2v) is 6.54. The van der Waals surface area contributed by atoms with Crippen molar-refractivity contribution in [2.24, 2.45) is 0 Å². The molecule has 0 saturated carbocycles. The fourth-order valence-corrected chi connectivity index (χ4v) is 4.20. The number of thiophene rings is 1. The Morgan fingerprint density at radius 1 is 0.783 bits per heavy atom. The van der Waals surface area contributed by atoms with Crippen LogP contribution in [0, 0.1) is 0 Å². The highest BCUT2D eigenvalue weighted by atomic mass is 35.5. The van der Waals surface area contributed by atoms with Gasteiger partial charge in [-0.2, -0.15) is 0 Å². The first kappa shape index (κ1) is 14.3. The summed E-state index contributed by atoms with van der Waals surface area (Å²) in [5.74, 6) is 0. The predicted octanol–water partition coefficient (Wildman–Crippen LogP) is 6.90. The summed E-state index contributed by atoms with van der Waals surface area (Å²) >= 11 is 7.73. The minimum atomic E-state index is 1.09. The molecule has 0 saturated heterocycles. The molecule has 1 aromatic heterocycles. The number of fused-ring (bicyclic) bond motifs is 3. The highest BCUT2D eigenvalue weighted by Crippen LogP contribution is 2.41. The molecule has 4 rings (SSSR count). The molecule has 1 heterocycles. The van der Waals surface area contributed by atoms with Crippen molar-refractivity contribution in [1.29, 1.82) is 0 Å². The number of para-hydroxylation sites is 1. The summed E-state index contributed by atoms with van der Waals surface area (Å²) in [6.45, 7) is 0.